The lowest BCUT2D eigenvalue weighted by atomic mass is 9.90. The SMILES string of the molecule is c1ccc(-c2cc(-c3ccccc3)c(-n3c4ccc(-c5ccc(-c6nc(-c7ccccc7)cc(-c7ccccc7)n6)cc5-c5ccccc5)cc4n4c5cc(-c6ccccc6)ccc5nc34)c(-c3ccccc3)c2)cc1. The van der Waals surface area contributed by atoms with Gasteiger partial charge in [-0.25, -0.2) is 15.0 Å². The van der Waals surface area contributed by atoms with Crippen LogP contribution in [0.5, 0.6) is 0 Å². The average molecular weight is 970 g/mol. The first-order chi connectivity index (χ1) is 37.7. The van der Waals surface area contributed by atoms with Crippen LogP contribution < -0.4 is 0 Å². The normalized spacial score (nSPS) is 11.4. The first kappa shape index (κ1) is 44.5. The van der Waals surface area contributed by atoms with E-state index < -0.39 is 0 Å². The molecule has 356 valence electrons. The molecule has 0 saturated heterocycles. The predicted octanol–water partition coefficient (Wildman–Crippen LogP) is 18.2. The number of rotatable bonds is 10. The zero-order chi connectivity index (χ0) is 50.4. The number of hydrogen-bond donors (Lipinski definition) is 0. The third-order valence-corrected chi connectivity index (χ3v) is 14.6. The maximum absolute atomic E-state index is 5.60. The third-order valence-electron chi connectivity index (χ3n) is 14.6. The number of aromatic nitrogens is 5. The van der Waals surface area contributed by atoms with Gasteiger partial charge in [0.05, 0.1) is 39.1 Å². The molecule has 0 spiro atoms. The molecule has 0 unspecified atom stereocenters. The summed E-state index contributed by atoms with van der Waals surface area (Å²) >= 11 is 0. The molecule has 0 aliphatic heterocycles. The second kappa shape index (κ2) is 19.0. The Morgan fingerprint density at radius 2 is 0.658 bits per heavy atom. The van der Waals surface area contributed by atoms with Crippen molar-refractivity contribution in [1.82, 2.24) is 23.9 Å². The molecule has 0 N–H and O–H groups in total. The molecule has 0 fully saturated rings. The Morgan fingerprint density at radius 3 is 1.18 bits per heavy atom. The van der Waals surface area contributed by atoms with Gasteiger partial charge in [0.2, 0.25) is 5.78 Å². The molecule has 11 aromatic carbocycles. The van der Waals surface area contributed by atoms with Crippen molar-refractivity contribution in [3.8, 4) is 106 Å². The third kappa shape index (κ3) is 8.04. The van der Waals surface area contributed by atoms with Gasteiger partial charge in [0.15, 0.2) is 5.82 Å². The van der Waals surface area contributed by atoms with E-state index in [4.69, 9.17) is 15.0 Å². The first-order valence-electron chi connectivity index (χ1n) is 25.8. The van der Waals surface area contributed by atoms with Crippen molar-refractivity contribution in [3.05, 3.63) is 285 Å². The maximum Gasteiger partial charge on any atom is 0.220 e. The predicted molar refractivity (Wildman–Crippen MR) is 314 cm³/mol. The molecule has 0 saturated carbocycles. The minimum absolute atomic E-state index is 0.666. The molecular formula is C71H47N5. The number of benzene rings is 11. The monoisotopic (exact) mass is 969 g/mol. The molecule has 14 aromatic rings. The van der Waals surface area contributed by atoms with Crippen molar-refractivity contribution >= 4 is 27.8 Å². The van der Waals surface area contributed by atoms with Crippen molar-refractivity contribution in [2.45, 2.75) is 0 Å². The van der Waals surface area contributed by atoms with Gasteiger partial charge < -0.3 is 0 Å². The van der Waals surface area contributed by atoms with Crippen molar-refractivity contribution in [1.29, 1.82) is 0 Å². The molecule has 14 rings (SSSR count). The standard InChI is InChI=1S/C71H47N5/c1-8-22-48(23-9-1)55-37-40-63-67(45-55)75-68-46-56(59-39-36-57(42-60(59)50-26-12-3-13-27-50)70-72-64(53-32-18-6-19-33-53)47-65(73-70)54-34-20-7-21-35-54)38-41-66(68)76(71(75)74-63)69-61(51-28-14-4-15-29-51)43-58(49-24-10-2-11-25-49)44-62(69)52-30-16-5-17-31-52/h1-47H. The zero-order valence-corrected chi connectivity index (χ0v) is 41.4. The molecule has 5 heteroatoms. The van der Waals surface area contributed by atoms with Crippen LogP contribution in [0.15, 0.2) is 285 Å². The van der Waals surface area contributed by atoms with Gasteiger partial charge in [-0.2, -0.15) is 0 Å². The summed E-state index contributed by atoms with van der Waals surface area (Å²) in [6.07, 6.45) is 0. The molecule has 0 aliphatic carbocycles. The van der Waals surface area contributed by atoms with Crippen LogP contribution >= 0.6 is 0 Å². The second-order valence-electron chi connectivity index (χ2n) is 19.2. The molecule has 0 radical (unpaired) electrons. The fourth-order valence-electron chi connectivity index (χ4n) is 10.9. The van der Waals surface area contributed by atoms with Crippen LogP contribution in [0.4, 0.5) is 0 Å². The van der Waals surface area contributed by atoms with Crippen LogP contribution in [0.3, 0.4) is 0 Å². The fourth-order valence-corrected chi connectivity index (χ4v) is 10.9. The number of hydrogen-bond acceptors (Lipinski definition) is 3. The van der Waals surface area contributed by atoms with Gasteiger partial charge in [0.25, 0.3) is 0 Å². The first-order valence-corrected chi connectivity index (χ1v) is 25.8. The summed E-state index contributed by atoms with van der Waals surface area (Å²) in [4.78, 5) is 16.1. The number of imidazole rings is 2. The van der Waals surface area contributed by atoms with Crippen molar-refractivity contribution in [3.63, 3.8) is 0 Å². The Bertz CT molecular complexity index is 4280. The van der Waals surface area contributed by atoms with Gasteiger partial charge >= 0.3 is 0 Å². The van der Waals surface area contributed by atoms with Gasteiger partial charge in [-0.15, -0.1) is 0 Å². The molecule has 76 heavy (non-hydrogen) atoms. The molecule has 0 amide bonds. The van der Waals surface area contributed by atoms with Crippen LogP contribution in [0.1, 0.15) is 0 Å². The fraction of sp³-hybridized carbons (Fsp3) is 0. The van der Waals surface area contributed by atoms with Crippen molar-refractivity contribution < 1.29 is 0 Å². The Hall–Kier alpha value is -10.2. The number of nitrogens with zero attached hydrogens (tertiary/aromatic N) is 5. The van der Waals surface area contributed by atoms with E-state index in [0.29, 0.717) is 5.82 Å². The minimum Gasteiger partial charge on any atom is -0.277 e. The van der Waals surface area contributed by atoms with Crippen LogP contribution in [-0.4, -0.2) is 23.9 Å². The van der Waals surface area contributed by atoms with Crippen LogP contribution in [0, 0.1) is 0 Å². The molecule has 0 bridgehead atoms. The molecular weight excluding hydrogens is 923 g/mol. The smallest absolute Gasteiger partial charge is 0.220 e. The Labute approximate surface area is 441 Å². The van der Waals surface area contributed by atoms with E-state index in [1.807, 2.05) is 12.1 Å². The van der Waals surface area contributed by atoms with Crippen LogP contribution in [-0.2, 0) is 0 Å². The summed E-state index contributed by atoms with van der Waals surface area (Å²) in [6, 6.07) is 101. The van der Waals surface area contributed by atoms with Crippen LogP contribution in [0.2, 0.25) is 0 Å². The Balaban J connectivity index is 1.04. The molecule has 5 nitrogen and oxygen atoms in total. The molecule has 3 aromatic heterocycles. The van der Waals surface area contributed by atoms with Gasteiger partial charge in [0, 0.05) is 27.8 Å². The summed E-state index contributed by atoms with van der Waals surface area (Å²) in [6.45, 7) is 0. The topological polar surface area (TPSA) is 48.0 Å². The number of fused-ring (bicyclic) bond motifs is 5. The van der Waals surface area contributed by atoms with Crippen molar-refractivity contribution in [2.75, 3.05) is 0 Å². The summed E-state index contributed by atoms with van der Waals surface area (Å²) in [7, 11) is 0. The van der Waals surface area contributed by atoms with E-state index in [-0.39, 0.29) is 0 Å². The van der Waals surface area contributed by atoms with Gasteiger partial charge in [-0.3, -0.25) is 8.97 Å². The molecule has 0 atom stereocenters. The average Bonchev–Trinajstić information content (AvgIpc) is 4.20. The van der Waals surface area contributed by atoms with E-state index in [9.17, 15) is 0 Å². The van der Waals surface area contributed by atoms with E-state index in [1.54, 1.807) is 0 Å². The second-order valence-corrected chi connectivity index (χ2v) is 19.2. The van der Waals surface area contributed by atoms with Gasteiger partial charge in [-0.1, -0.05) is 237 Å². The van der Waals surface area contributed by atoms with E-state index >= 15 is 0 Å². The zero-order valence-electron chi connectivity index (χ0n) is 41.4. The van der Waals surface area contributed by atoms with E-state index in [2.05, 4.69) is 282 Å². The van der Waals surface area contributed by atoms with Gasteiger partial charge in [-0.05, 0) is 104 Å². The highest BCUT2D eigenvalue weighted by atomic mass is 15.2. The van der Waals surface area contributed by atoms with Crippen LogP contribution in [0.25, 0.3) is 134 Å². The maximum atomic E-state index is 5.60. The van der Waals surface area contributed by atoms with Gasteiger partial charge in [0.1, 0.15) is 0 Å². The minimum atomic E-state index is 0.666. The lowest BCUT2D eigenvalue weighted by Crippen LogP contribution is -2.02. The van der Waals surface area contributed by atoms with Crippen molar-refractivity contribution in [2.24, 2.45) is 0 Å². The lowest BCUT2D eigenvalue weighted by Gasteiger charge is -2.20. The highest BCUT2D eigenvalue weighted by Gasteiger charge is 2.25. The largest absolute Gasteiger partial charge is 0.277 e. The summed E-state index contributed by atoms with van der Waals surface area (Å²) < 4.78 is 4.78. The Morgan fingerprint density at radius 1 is 0.237 bits per heavy atom. The highest BCUT2D eigenvalue weighted by Crippen LogP contribution is 2.45. The quantitative estimate of drug-likeness (QED) is 0.137. The lowest BCUT2D eigenvalue weighted by molar-refractivity contribution is 1.11. The van der Waals surface area contributed by atoms with E-state index in [0.717, 1.165) is 128 Å². The highest BCUT2D eigenvalue weighted by molar-refractivity contribution is 6.01. The molecule has 3 heterocycles. The van der Waals surface area contributed by atoms with E-state index in [1.165, 1.54) is 0 Å². The summed E-state index contributed by atoms with van der Waals surface area (Å²) in [5.41, 5.74) is 23.2. The summed E-state index contributed by atoms with van der Waals surface area (Å²) in [5, 5.41) is 0. The Kier molecular flexibility index (Phi) is 11.1. The summed E-state index contributed by atoms with van der Waals surface area (Å²) in [5.74, 6) is 1.50. The molecule has 0 aliphatic rings.